The summed E-state index contributed by atoms with van der Waals surface area (Å²) in [6.45, 7) is 2.58. The summed E-state index contributed by atoms with van der Waals surface area (Å²) in [6.07, 6.45) is 1.60. The normalized spacial score (nSPS) is 11.8. The fourth-order valence-corrected chi connectivity index (χ4v) is 4.46. The number of benzene rings is 3. The average molecular weight is 549 g/mol. The molecule has 5 rings (SSSR count). The first kappa shape index (κ1) is 27.5. The van der Waals surface area contributed by atoms with E-state index in [0.717, 1.165) is 37.1 Å². The van der Waals surface area contributed by atoms with Crippen LogP contribution in [0.4, 0.5) is 8.78 Å². The fourth-order valence-electron chi connectivity index (χ4n) is 4.46. The van der Waals surface area contributed by atoms with E-state index in [1.165, 1.54) is 0 Å². The molecule has 2 heterocycles. The Hall–Kier alpha value is -4.02. The Morgan fingerprint density at radius 3 is 1.40 bits per heavy atom. The van der Waals surface area contributed by atoms with Crippen LogP contribution in [0.25, 0.3) is 44.8 Å². The van der Waals surface area contributed by atoms with Gasteiger partial charge in [0.2, 0.25) is 0 Å². The summed E-state index contributed by atoms with van der Waals surface area (Å²) >= 11 is 0. The zero-order valence-electron chi connectivity index (χ0n) is 23.2. The Morgan fingerprint density at radius 2 is 1.02 bits per heavy atom. The van der Waals surface area contributed by atoms with Crippen molar-refractivity contribution in [3.63, 3.8) is 0 Å². The first-order valence-corrected chi connectivity index (χ1v) is 13.3. The van der Waals surface area contributed by atoms with Crippen molar-refractivity contribution >= 4 is 22.1 Å². The Bertz CT molecular complexity index is 1470. The molecule has 8 nitrogen and oxygen atoms in total. The second-order valence-electron chi connectivity index (χ2n) is 10.3. The lowest BCUT2D eigenvalue weighted by molar-refractivity contribution is 0.272. The third-order valence-electron chi connectivity index (χ3n) is 6.56. The average Bonchev–Trinajstić information content (AvgIpc) is 3.57. The maximum Gasteiger partial charge on any atom is 0.192 e. The van der Waals surface area contributed by atoms with Gasteiger partial charge in [-0.3, -0.25) is 0 Å². The lowest BCUT2D eigenvalue weighted by atomic mass is 10.1. The van der Waals surface area contributed by atoms with Gasteiger partial charge in [-0.15, -0.1) is 0 Å². The van der Waals surface area contributed by atoms with E-state index in [1.807, 2.05) is 52.5 Å². The van der Waals surface area contributed by atoms with Crippen molar-refractivity contribution in [2.75, 3.05) is 54.5 Å². The van der Waals surface area contributed by atoms with E-state index in [0.29, 0.717) is 35.9 Å². The molecule has 0 radical (unpaired) electrons. The van der Waals surface area contributed by atoms with Crippen LogP contribution >= 0.6 is 0 Å². The van der Waals surface area contributed by atoms with Gasteiger partial charge in [-0.2, -0.15) is 0 Å². The van der Waals surface area contributed by atoms with Gasteiger partial charge in [-0.1, -0.05) is 24.3 Å². The van der Waals surface area contributed by atoms with Crippen molar-refractivity contribution < 1.29 is 18.3 Å². The molecule has 0 amide bonds. The molecule has 0 spiro atoms. The summed E-state index contributed by atoms with van der Waals surface area (Å²) in [5, 5.41) is 0. The lowest BCUT2D eigenvalue weighted by Gasteiger charge is -2.10. The van der Waals surface area contributed by atoms with E-state index in [1.54, 1.807) is 24.3 Å². The molecule has 0 aliphatic heterocycles. The molecule has 0 aliphatic rings. The highest BCUT2D eigenvalue weighted by Crippen LogP contribution is 2.31. The van der Waals surface area contributed by atoms with Gasteiger partial charge in [0.15, 0.2) is 23.1 Å². The molecule has 0 saturated carbocycles. The number of rotatable bonds is 12. The smallest absolute Gasteiger partial charge is 0.192 e. The number of halogens is 2. The Kier molecular flexibility index (Phi) is 8.27. The second-order valence-corrected chi connectivity index (χ2v) is 10.3. The monoisotopic (exact) mass is 548 g/mol. The number of hydrogen-bond acceptors (Lipinski definition) is 6. The summed E-state index contributed by atoms with van der Waals surface area (Å²) < 4.78 is 41.5. The molecule has 2 N–H and O–H groups in total. The molecule has 40 heavy (non-hydrogen) atoms. The van der Waals surface area contributed by atoms with Crippen LogP contribution in [0, 0.1) is 11.6 Å². The summed E-state index contributed by atoms with van der Waals surface area (Å²) in [6, 6.07) is 14.3. The zero-order valence-corrected chi connectivity index (χ0v) is 23.2. The molecule has 0 aliphatic carbocycles. The van der Waals surface area contributed by atoms with Crippen molar-refractivity contribution in [3.05, 3.63) is 60.2 Å². The van der Waals surface area contributed by atoms with Crippen molar-refractivity contribution in [1.29, 1.82) is 0 Å². The third-order valence-corrected chi connectivity index (χ3v) is 6.56. The van der Waals surface area contributed by atoms with Crippen LogP contribution in [-0.4, -0.2) is 84.2 Å². The zero-order chi connectivity index (χ0) is 28.2. The van der Waals surface area contributed by atoms with E-state index in [2.05, 4.69) is 29.7 Å². The molecule has 0 saturated heterocycles. The molecule has 0 atom stereocenters. The number of nitrogens with one attached hydrogen (secondary N) is 2. The number of H-pyrrole nitrogens is 2. The van der Waals surface area contributed by atoms with E-state index in [-0.39, 0.29) is 22.5 Å². The van der Waals surface area contributed by atoms with Crippen molar-refractivity contribution in [2.45, 2.75) is 12.8 Å². The fraction of sp³-hybridized carbons (Fsp3) is 0.333. The van der Waals surface area contributed by atoms with Crippen LogP contribution in [0.3, 0.4) is 0 Å². The van der Waals surface area contributed by atoms with Gasteiger partial charge in [0.1, 0.15) is 22.7 Å². The second kappa shape index (κ2) is 12.0. The minimum atomic E-state index is -0.480. The predicted octanol–water partition coefficient (Wildman–Crippen LogP) is 5.71. The Morgan fingerprint density at radius 1 is 0.625 bits per heavy atom. The van der Waals surface area contributed by atoms with Crippen LogP contribution in [0.2, 0.25) is 0 Å². The standard InChI is InChI=1S/C30H34F2N6O2/c1-37(2)15-5-17-39-23-13-11-21-27(25(23)31)35-29(33-21)19-7-9-20(10-8-19)30-34-22-12-14-24(26(32)28(22)36-30)40-18-6-16-38(3)4/h7-14H,5-6,15-18H2,1-4H3,(H,33,35)(H,34,36). The summed E-state index contributed by atoms with van der Waals surface area (Å²) in [7, 11) is 7.95. The Balaban J connectivity index is 1.31. The van der Waals surface area contributed by atoms with Crippen LogP contribution in [0.5, 0.6) is 11.5 Å². The molecule has 10 heteroatoms. The maximum absolute atomic E-state index is 15.1. The van der Waals surface area contributed by atoms with Gasteiger partial charge in [0.05, 0.1) is 24.2 Å². The molecular weight excluding hydrogens is 514 g/mol. The van der Waals surface area contributed by atoms with Crippen molar-refractivity contribution in [3.8, 4) is 34.3 Å². The SMILES string of the molecule is CN(C)CCCOc1ccc2[nH]c(-c3ccc(-c4nc5c(F)c(OCCCN(C)C)ccc5[nH]4)cc3)nc2c1F. The number of aromatic amines is 2. The van der Waals surface area contributed by atoms with E-state index >= 15 is 8.78 Å². The van der Waals surface area contributed by atoms with E-state index in [9.17, 15) is 0 Å². The predicted molar refractivity (Wildman–Crippen MR) is 154 cm³/mol. The van der Waals surface area contributed by atoms with Crippen LogP contribution in [-0.2, 0) is 0 Å². The minimum absolute atomic E-state index is 0.193. The van der Waals surface area contributed by atoms with Gasteiger partial charge in [-0.05, 0) is 65.3 Å². The number of hydrogen-bond donors (Lipinski definition) is 2. The molecule has 5 aromatic rings. The van der Waals surface area contributed by atoms with Crippen molar-refractivity contribution in [1.82, 2.24) is 29.7 Å². The third kappa shape index (κ3) is 6.08. The van der Waals surface area contributed by atoms with E-state index < -0.39 is 11.6 Å². The Labute approximate surface area is 231 Å². The molecule has 0 bridgehead atoms. The number of ether oxygens (including phenoxy) is 2. The number of fused-ring (bicyclic) bond motifs is 2. The topological polar surface area (TPSA) is 82.3 Å². The van der Waals surface area contributed by atoms with Gasteiger partial charge in [0.25, 0.3) is 0 Å². The van der Waals surface area contributed by atoms with Gasteiger partial charge < -0.3 is 29.2 Å². The van der Waals surface area contributed by atoms with Crippen LogP contribution in [0.1, 0.15) is 12.8 Å². The highest BCUT2D eigenvalue weighted by molar-refractivity contribution is 5.83. The molecule has 2 aromatic heterocycles. The largest absolute Gasteiger partial charge is 0.490 e. The summed E-state index contributed by atoms with van der Waals surface area (Å²) in [5.74, 6) is 0.505. The molecule has 3 aromatic carbocycles. The first-order chi connectivity index (χ1) is 19.3. The van der Waals surface area contributed by atoms with Crippen LogP contribution < -0.4 is 9.47 Å². The van der Waals surface area contributed by atoms with Crippen LogP contribution in [0.15, 0.2) is 48.5 Å². The summed E-state index contributed by atoms with van der Waals surface area (Å²) in [4.78, 5) is 19.5. The first-order valence-electron chi connectivity index (χ1n) is 13.3. The molecule has 0 unspecified atom stereocenters. The van der Waals surface area contributed by atoms with Gasteiger partial charge >= 0.3 is 0 Å². The van der Waals surface area contributed by atoms with E-state index in [4.69, 9.17) is 9.47 Å². The molecular formula is C30H34F2N6O2. The highest BCUT2D eigenvalue weighted by Gasteiger charge is 2.16. The van der Waals surface area contributed by atoms with Gasteiger partial charge in [-0.25, -0.2) is 18.7 Å². The molecule has 0 fully saturated rings. The maximum atomic E-state index is 15.1. The highest BCUT2D eigenvalue weighted by atomic mass is 19.1. The lowest BCUT2D eigenvalue weighted by Crippen LogP contribution is -2.15. The minimum Gasteiger partial charge on any atom is -0.490 e. The molecule has 210 valence electrons. The number of nitrogens with zero attached hydrogens (tertiary/aromatic N) is 4. The van der Waals surface area contributed by atoms with Gasteiger partial charge in [0, 0.05) is 24.2 Å². The van der Waals surface area contributed by atoms with Crippen molar-refractivity contribution in [2.24, 2.45) is 0 Å². The summed E-state index contributed by atoms with van der Waals surface area (Å²) in [5.41, 5.74) is 3.20. The quantitative estimate of drug-likeness (QED) is 0.194. The number of aromatic nitrogens is 4. The number of imidazole rings is 2.